The Kier molecular flexibility index (Phi) is 5.61. The molecule has 136 valence electrons. The Morgan fingerprint density at radius 2 is 1.59 bits per heavy atom. The Labute approximate surface area is 158 Å². The molecule has 0 aliphatic heterocycles. The standard InChI is InChI=1S/C22H21N3O2/c1-15-7-3-5-9-18(15)14-24-22(27)20-13-17(11-12-23-20)21(26)25-19-10-6-4-8-16(19)2/h3-13H,14H2,1-2H3,(H,24,27)(H,25,26). The van der Waals surface area contributed by atoms with Crippen molar-refractivity contribution >= 4 is 17.5 Å². The van der Waals surface area contributed by atoms with Crippen LogP contribution in [0.5, 0.6) is 0 Å². The molecule has 2 N–H and O–H groups in total. The van der Waals surface area contributed by atoms with Gasteiger partial charge in [0.1, 0.15) is 5.69 Å². The van der Waals surface area contributed by atoms with E-state index in [9.17, 15) is 9.59 Å². The normalized spacial score (nSPS) is 10.3. The van der Waals surface area contributed by atoms with Gasteiger partial charge in [0.2, 0.25) is 0 Å². The maximum atomic E-state index is 12.5. The molecule has 1 aromatic heterocycles. The van der Waals surface area contributed by atoms with E-state index in [4.69, 9.17) is 0 Å². The van der Waals surface area contributed by atoms with E-state index in [-0.39, 0.29) is 17.5 Å². The van der Waals surface area contributed by atoms with Gasteiger partial charge in [-0.1, -0.05) is 42.5 Å². The monoisotopic (exact) mass is 359 g/mol. The molecule has 0 aliphatic rings. The zero-order chi connectivity index (χ0) is 19.2. The summed E-state index contributed by atoms with van der Waals surface area (Å²) in [5, 5.41) is 5.71. The van der Waals surface area contributed by atoms with Gasteiger partial charge < -0.3 is 10.6 Å². The van der Waals surface area contributed by atoms with Gasteiger partial charge in [-0.15, -0.1) is 0 Å². The van der Waals surface area contributed by atoms with Gasteiger partial charge in [-0.05, 0) is 48.7 Å². The van der Waals surface area contributed by atoms with Crippen LogP contribution in [0.2, 0.25) is 0 Å². The average molecular weight is 359 g/mol. The molecule has 0 fully saturated rings. The summed E-state index contributed by atoms with van der Waals surface area (Å²) >= 11 is 0. The molecule has 0 atom stereocenters. The predicted octanol–water partition coefficient (Wildman–Crippen LogP) is 3.88. The maximum absolute atomic E-state index is 12.5. The first kappa shape index (κ1) is 18.3. The number of benzene rings is 2. The summed E-state index contributed by atoms with van der Waals surface area (Å²) in [6.07, 6.45) is 1.47. The molecular formula is C22H21N3O2. The molecule has 27 heavy (non-hydrogen) atoms. The number of hydrogen-bond acceptors (Lipinski definition) is 3. The number of hydrogen-bond donors (Lipinski definition) is 2. The predicted molar refractivity (Wildman–Crippen MR) is 106 cm³/mol. The summed E-state index contributed by atoms with van der Waals surface area (Å²) < 4.78 is 0. The van der Waals surface area contributed by atoms with E-state index in [1.807, 2.05) is 62.4 Å². The average Bonchev–Trinajstić information content (AvgIpc) is 2.69. The molecule has 2 aromatic carbocycles. The van der Waals surface area contributed by atoms with Crippen molar-refractivity contribution in [2.75, 3.05) is 5.32 Å². The zero-order valence-corrected chi connectivity index (χ0v) is 15.3. The number of aromatic nitrogens is 1. The van der Waals surface area contributed by atoms with Crippen molar-refractivity contribution in [1.29, 1.82) is 0 Å². The Balaban J connectivity index is 1.69. The number of nitrogens with zero attached hydrogens (tertiary/aromatic N) is 1. The molecule has 0 spiro atoms. The van der Waals surface area contributed by atoms with E-state index in [0.717, 1.165) is 22.4 Å². The van der Waals surface area contributed by atoms with Crippen molar-refractivity contribution in [3.8, 4) is 0 Å². The first-order valence-electron chi connectivity index (χ1n) is 8.70. The van der Waals surface area contributed by atoms with Crippen molar-refractivity contribution in [3.63, 3.8) is 0 Å². The highest BCUT2D eigenvalue weighted by atomic mass is 16.2. The van der Waals surface area contributed by atoms with Crippen LogP contribution in [0, 0.1) is 13.8 Å². The lowest BCUT2D eigenvalue weighted by atomic mass is 10.1. The second-order valence-electron chi connectivity index (χ2n) is 6.31. The van der Waals surface area contributed by atoms with Crippen molar-refractivity contribution < 1.29 is 9.59 Å². The fourth-order valence-corrected chi connectivity index (χ4v) is 2.68. The van der Waals surface area contributed by atoms with E-state index in [2.05, 4.69) is 15.6 Å². The third kappa shape index (κ3) is 4.58. The van der Waals surface area contributed by atoms with E-state index in [1.54, 1.807) is 6.07 Å². The van der Waals surface area contributed by atoms with Gasteiger partial charge in [0, 0.05) is 24.0 Å². The number of pyridine rings is 1. The highest BCUT2D eigenvalue weighted by Crippen LogP contribution is 2.15. The lowest BCUT2D eigenvalue weighted by Gasteiger charge is -2.10. The topological polar surface area (TPSA) is 71.1 Å². The summed E-state index contributed by atoms with van der Waals surface area (Å²) in [6, 6.07) is 18.5. The molecule has 0 bridgehead atoms. The zero-order valence-electron chi connectivity index (χ0n) is 15.3. The number of carbonyl (C=O) groups is 2. The minimum atomic E-state index is -0.316. The smallest absolute Gasteiger partial charge is 0.270 e. The van der Waals surface area contributed by atoms with Crippen LogP contribution in [-0.4, -0.2) is 16.8 Å². The molecule has 5 heteroatoms. The van der Waals surface area contributed by atoms with Gasteiger partial charge in [0.15, 0.2) is 0 Å². The van der Waals surface area contributed by atoms with Crippen molar-refractivity contribution in [2.45, 2.75) is 20.4 Å². The summed E-state index contributed by atoms with van der Waals surface area (Å²) in [7, 11) is 0. The number of nitrogens with one attached hydrogen (secondary N) is 2. The number of para-hydroxylation sites is 1. The van der Waals surface area contributed by atoms with Crippen molar-refractivity contribution in [2.24, 2.45) is 0 Å². The molecule has 0 unspecified atom stereocenters. The van der Waals surface area contributed by atoms with E-state index in [1.165, 1.54) is 12.3 Å². The van der Waals surface area contributed by atoms with Crippen LogP contribution in [0.3, 0.4) is 0 Å². The Bertz CT molecular complexity index is 983. The molecule has 0 radical (unpaired) electrons. The van der Waals surface area contributed by atoms with E-state index in [0.29, 0.717) is 12.1 Å². The van der Waals surface area contributed by atoms with E-state index < -0.39 is 0 Å². The quantitative estimate of drug-likeness (QED) is 0.726. The molecule has 0 saturated carbocycles. The number of rotatable bonds is 5. The third-order valence-corrected chi connectivity index (χ3v) is 4.35. The van der Waals surface area contributed by atoms with Crippen molar-refractivity contribution in [3.05, 3.63) is 94.8 Å². The largest absolute Gasteiger partial charge is 0.347 e. The number of amides is 2. The first-order valence-corrected chi connectivity index (χ1v) is 8.70. The van der Waals surface area contributed by atoms with Gasteiger partial charge in [-0.2, -0.15) is 0 Å². The summed E-state index contributed by atoms with van der Waals surface area (Å²) in [5.41, 5.74) is 4.45. The van der Waals surface area contributed by atoms with Crippen LogP contribution < -0.4 is 10.6 Å². The highest BCUT2D eigenvalue weighted by Gasteiger charge is 2.13. The molecular weight excluding hydrogens is 338 g/mol. The second kappa shape index (κ2) is 8.27. The molecule has 1 heterocycles. The lowest BCUT2D eigenvalue weighted by molar-refractivity contribution is 0.0946. The summed E-state index contributed by atoms with van der Waals surface area (Å²) in [6.45, 7) is 4.33. The van der Waals surface area contributed by atoms with Gasteiger partial charge in [0.05, 0.1) is 0 Å². The fraction of sp³-hybridized carbons (Fsp3) is 0.136. The van der Waals surface area contributed by atoms with Gasteiger partial charge in [-0.3, -0.25) is 14.6 Å². The van der Waals surface area contributed by atoms with Gasteiger partial charge >= 0.3 is 0 Å². The van der Waals surface area contributed by atoms with Crippen LogP contribution in [0.15, 0.2) is 66.9 Å². The SMILES string of the molecule is Cc1ccccc1CNC(=O)c1cc(C(=O)Nc2ccccc2C)ccn1. The summed E-state index contributed by atoms with van der Waals surface area (Å²) in [4.78, 5) is 29.0. The number of aryl methyl sites for hydroxylation is 2. The van der Waals surface area contributed by atoms with Crippen LogP contribution in [-0.2, 0) is 6.54 Å². The first-order chi connectivity index (χ1) is 13.0. The molecule has 0 aliphatic carbocycles. The van der Waals surface area contributed by atoms with E-state index >= 15 is 0 Å². The maximum Gasteiger partial charge on any atom is 0.270 e. The van der Waals surface area contributed by atoms with Crippen LogP contribution in [0.1, 0.15) is 37.5 Å². The van der Waals surface area contributed by atoms with Gasteiger partial charge in [-0.25, -0.2) is 0 Å². The second-order valence-corrected chi connectivity index (χ2v) is 6.31. The van der Waals surface area contributed by atoms with Gasteiger partial charge in [0.25, 0.3) is 11.8 Å². The minimum absolute atomic E-state index is 0.209. The lowest BCUT2D eigenvalue weighted by Crippen LogP contribution is -2.24. The van der Waals surface area contributed by atoms with Crippen LogP contribution >= 0.6 is 0 Å². The Morgan fingerprint density at radius 1 is 0.889 bits per heavy atom. The molecule has 3 rings (SSSR count). The summed E-state index contributed by atoms with van der Waals surface area (Å²) in [5.74, 6) is -0.594. The molecule has 5 nitrogen and oxygen atoms in total. The number of carbonyl (C=O) groups excluding carboxylic acids is 2. The van der Waals surface area contributed by atoms with Crippen molar-refractivity contribution in [1.82, 2.24) is 10.3 Å². The Morgan fingerprint density at radius 3 is 2.33 bits per heavy atom. The molecule has 3 aromatic rings. The van der Waals surface area contributed by atoms with Crippen LogP contribution in [0.4, 0.5) is 5.69 Å². The Hall–Kier alpha value is -3.47. The molecule has 0 saturated heterocycles. The fourth-order valence-electron chi connectivity index (χ4n) is 2.68. The third-order valence-electron chi connectivity index (χ3n) is 4.35. The minimum Gasteiger partial charge on any atom is -0.347 e. The number of anilines is 1. The highest BCUT2D eigenvalue weighted by molar-refractivity contribution is 6.06. The molecule has 2 amide bonds. The van der Waals surface area contributed by atoms with Crippen LogP contribution in [0.25, 0.3) is 0 Å².